The van der Waals surface area contributed by atoms with Crippen molar-refractivity contribution in [1.29, 1.82) is 0 Å². The fourth-order valence-corrected chi connectivity index (χ4v) is 3.53. The second-order valence-corrected chi connectivity index (χ2v) is 7.26. The summed E-state index contributed by atoms with van der Waals surface area (Å²) in [5.41, 5.74) is 1.56. The van der Waals surface area contributed by atoms with Gasteiger partial charge in [0.1, 0.15) is 5.78 Å². The highest BCUT2D eigenvalue weighted by Gasteiger charge is 2.42. The van der Waals surface area contributed by atoms with Gasteiger partial charge in [0.25, 0.3) is 0 Å². The van der Waals surface area contributed by atoms with Gasteiger partial charge < -0.3 is 4.90 Å². The molecule has 0 radical (unpaired) electrons. The van der Waals surface area contributed by atoms with E-state index in [9.17, 15) is 4.79 Å². The van der Waals surface area contributed by atoms with Crippen molar-refractivity contribution in [3.63, 3.8) is 0 Å². The molecule has 0 aliphatic heterocycles. The average molecular weight is 350 g/mol. The highest BCUT2D eigenvalue weighted by molar-refractivity contribution is 5.94. The van der Waals surface area contributed by atoms with Crippen LogP contribution in [0.1, 0.15) is 43.7 Å². The van der Waals surface area contributed by atoms with Crippen molar-refractivity contribution >= 4 is 5.78 Å². The summed E-state index contributed by atoms with van der Waals surface area (Å²) in [5.74, 6) is 0.297. The van der Waals surface area contributed by atoms with Crippen LogP contribution < -0.4 is 0 Å². The molecule has 2 heteroatoms. The summed E-state index contributed by atoms with van der Waals surface area (Å²) in [6.07, 6.45) is 4.94. The smallest absolute Gasteiger partial charge is 0.147 e. The van der Waals surface area contributed by atoms with Gasteiger partial charge >= 0.3 is 0 Å². The van der Waals surface area contributed by atoms with Crippen LogP contribution in [0.3, 0.4) is 0 Å². The maximum Gasteiger partial charge on any atom is 0.147 e. The van der Waals surface area contributed by atoms with Crippen LogP contribution in [0.2, 0.25) is 0 Å². The van der Waals surface area contributed by atoms with Crippen LogP contribution in [-0.4, -0.2) is 30.8 Å². The van der Waals surface area contributed by atoms with Crippen molar-refractivity contribution in [2.45, 2.75) is 44.1 Å². The lowest BCUT2D eigenvalue weighted by atomic mass is 9.66. The third-order valence-corrected chi connectivity index (χ3v) is 5.30. The first-order valence-electron chi connectivity index (χ1n) is 9.44. The van der Waals surface area contributed by atoms with Gasteiger partial charge in [-0.1, -0.05) is 66.7 Å². The molecule has 2 aromatic carbocycles. The Bertz CT molecular complexity index is 651. The molecule has 2 nitrogen and oxygen atoms in total. The van der Waals surface area contributed by atoms with Gasteiger partial charge in [0.15, 0.2) is 0 Å². The van der Waals surface area contributed by atoms with Gasteiger partial charge in [-0.15, -0.1) is 6.58 Å². The van der Waals surface area contributed by atoms with E-state index in [1.54, 1.807) is 0 Å². The highest BCUT2D eigenvalue weighted by Crippen LogP contribution is 2.39. The summed E-state index contributed by atoms with van der Waals surface area (Å²) in [4.78, 5) is 15.8. The molecule has 0 aromatic heterocycles. The molecule has 0 heterocycles. The number of hydrogen-bond acceptors (Lipinski definition) is 2. The van der Waals surface area contributed by atoms with Crippen molar-refractivity contribution in [2.24, 2.45) is 0 Å². The lowest BCUT2D eigenvalue weighted by molar-refractivity contribution is -0.124. The standard InChI is InChI=1S/C24H31NO/c1-5-6-9-18-23(26)24(19-20(2)25(3)4,21-14-10-7-11-15-21)22-16-12-8-13-17-22/h5,7-8,10-17,20H,1,6,9,18-19H2,2-4H3. The lowest BCUT2D eigenvalue weighted by Gasteiger charge is -2.38. The number of benzene rings is 2. The van der Waals surface area contributed by atoms with Gasteiger partial charge in [-0.05, 0) is 51.4 Å². The number of allylic oxidation sites excluding steroid dienone is 1. The monoisotopic (exact) mass is 349 g/mol. The van der Waals surface area contributed by atoms with Crippen molar-refractivity contribution in [3.05, 3.63) is 84.4 Å². The molecule has 0 saturated carbocycles. The predicted octanol–water partition coefficient (Wildman–Crippen LogP) is 5.24. The molecule has 0 bridgehead atoms. The fourth-order valence-electron chi connectivity index (χ4n) is 3.53. The van der Waals surface area contributed by atoms with Crippen LogP contribution >= 0.6 is 0 Å². The number of carbonyl (C=O) groups excluding carboxylic acids is 1. The Morgan fingerprint density at radius 3 is 1.96 bits per heavy atom. The highest BCUT2D eigenvalue weighted by atomic mass is 16.1. The molecule has 138 valence electrons. The summed E-state index contributed by atoms with van der Waals surface area (Å²) < 4.78 is 0. The third-order valence-electron chi connectivity index (χ3n) is 5.30. The van der Waals surface area contributed by atoms with Crippen LogP contribution in [0.4, 0.5) is 0 Å². The normalized spacial score (nSPS) is 12.8. The summed E-state index contributed by atoms with van der Waals surface area (Å²) in [7, 11) is 4.15. The van der Waals surface area contributed by atoms with E-state index in [-0.39, 0.29) is 6.04 Å². The van der Waals surface area contributed by atoms with E-state index in [4.69, 9.17) is 0 Å². The molecule has 0 N–H and O–H groups in total. The second kappa shape index (κ2) is 9.49. The minimum Gasteiger partial charge on any atom is -0.307 e. The molecule has 0 amide bonds. The van der Waals surface area contributed by atoms with Gasteiger partial charge in [-0.3, -0.25) is 4.79 Å². The van der Waals surface area contributed by atoms with Crippen molar-refractivity contribution < 1.29 is 4.79 Å². The minimum absolute atomic E-state index is 0.277. The summed E-state index contributed by atoms with van der Waals surface area (Å²) in [6.45, 7) is 5.98. The lowest BCUT2D eigenvalue weighted by Crippen LogP contribution is -2.43. The summed E-state index contributed by atoms with van der Waals surface area (Å²) in [6, 6.07) is 20.8. The quantitative estimate of drug-likeness (QED) is 0.432. The van der Waals surface area contributed by atoms with E-state index in [1.807, 2.05) is 42.5 Å². The molecular formula is C24H31NO. The maximum atomic E-state index is 13.6. The topological polar surface area (TPSA) is 20.3 Å². The van der Waals surface area contributed by atoms with E-state index in [0.29, 0.717) is 12.2 Å². The molecule has 2 rings (SSSR count). The van der Waals surface area contributed by atoms with Crippen molar-refractivity contribution in [3.8, 4) is 0 Å². The molecule has 1 unspecified atom stereocenters. The molecule has 0 spiro atoms. The predicted molar refractivity (Wildman–Crippen MR) is 110 cm³/mol. The molecule has 0 fully saturated rings. The molecule has 1 atom stereocenters. The first-order chi connectivity index (χ1) is 12.5. The van der Waals surface area contributed by atoms with E-state index < -0.39 is 5.41 Å². The van der Waals surface area contributed by atoms with E-state index >= 15 is 0 Å². The van der Waals surface area contributed by atoms with Crippen LogP contribution in [0.25, 0.3) is 0 Å². The number of nitrogens with zero attached hydrogens (tertiary/aromatic N) is 1. The SMILES string of the molecule is C=CCCCC(=O)C(CC(C)N(C)C)(c1ccccc1)c1ccccc1. The van der Waals surface area contributed by atoms with Crippen molar-refractivity contribution in [1.82, 2.24) is 4.90 Å². The zero-order chi connectivity index (χ0) is 19.0. The number of Topliss-reactive ketones (excluding diaryl/α,β-unsaturated/α-hetero) is 1. The average Bonchev–Trinajstić information content (AvgIpc) is 2.67. The molecule has 0 aliphatic carbocycles. The van der Waals surface area contributed by atoms with Crippen LogP contribution in [0.15, 0.2) is 73.3 Å². The van der Waals surface area contributed by atoms with Gasteiger partial charge in [-0.25, -0.2) is 0 Å². The Morgan fingerprint density at radius 1 is 1.04 bits per heavy atom. The molecule has 0 aliphatic rings. The van der Waals surface area contributed by atoms with Gasteiger partial charge in [0, 0.05) is 12.5 Å². The van der Waals surface area contributed by atoms with Gasteiger partial charge in [0.05, 0.1) is 5.41 Å². The Hall–Kier alpha value is -2.19. The Morgan fingerprint density at radius 2 is 1.54 bits per heavy atom. The first-order valence-corrected chi connectivity index (χ1v) is 9.44. The van der Waals surface area contributed by atoms with Gasteiger partial charge in [0.2, 0.25) is 0 Å². The van der Waals surface area contributed by atoms with Crippen LogP contribution in [0, 0.1) is 0 Å². The first kappa shape index (κ1) is 20.1. The number of carbonyl (C=O) groups is 1. The number of ketones is 1. The summed E-state index contributed by atoms with van der Waals surface area (Å²) >= 11 is 0. The number of rotatable bonds is 10. The van der Waals surface area contributed by atoms with Gasteiger partial charge in [-0.2, -0.15) is 0 Å². The fraction of sp³-hybridized carbons (Fsp3) is 0.375. The zero-order valence-electron chi connectivity index (χ0n) is 16.3. The Labute approximate surface area is 158 Å². The minimum atomic E-state index is -0.618. The second-order valence-electron chi connectivity index (χ2n) is 7.26. The third kappa shape index (κ3) is 4.50. The van der Waals surface area contributed by atoms with E-state index in [2.05, 4.69) is 56.8 Å². The molecule has 2 aromatic rings. The summed E-state index contributed by atoms with van der Waals surface area (Å²) in [5, 5.41) is 0. The van der Waals surface area contributed by atoms with Crippen LogP contribution in [-0.2, 0) is 10.2 Å². The largest absolute Gasteiger partial charge is 0.307 e. The number of unbranched alkanes of at least 4 members (excludes halogenated alkanes) is 1. The Kier molecular flexibility index (Phi) is 7.35. The van der Waals surface area contributed by atoms with Crippen molar-refractivity contribution in [2.75, 3.05) is 14.1 Å². The zero-order valence-corrected chi connectivity index (χ0v) is 16.3. The number of hydrogen-bond donors (Lipinski definition) is 0. The maximum absolute atomic E-state index is 13.6. The Balaban J connectivity index is 2.58. The van der Waals surface area contributed by atoms with Crippen LogP contribution in [0.5, 0.6) is 0 Å². The van der Waals surface area contributed by atoms with E-state index in [1.165, 1.54) is 0 Å². The molecule has 0 saturated heterocycles. The molecular weight excluding hydrogens is 318 g/mol. The van der Waals surface area contributed by atoms with E-state index in [0.717, 1.165) is 30.4 Å². The molecule has 26 heavy (non-hydrogen) atoms.